The number of hydrogen-bond acceptors (Lipinski definition) is 4. The number of aromatic amines is 1. The normalized spacial score (nSPS) is 12.6. The largest absolute Gasteiger partial charge is 0.480 e. The molecule has 0 saturated heterocycles. The lowest BCUT2D eigenvalue weighted by Crippen LogP contribution is -2.28. The van der Waals surface area contributed by atoms with Crippen molar-refractivity contribution >= 4 is 28.2 Å². The SMILES string of the molecule is CCc1nc(CNC(C(=O)O)c2c[nH]c3ccccc23)cs1. The number of carboxylic acids is 1. The number of aromatic nitrogens is 2. The molecule has 0 radical (unpaired) electrons. The van der Waals surface area contributed by atoms with Gasteiger partial charge in [-0.3, -0.25) is 10.1 Å². The molecular weight excluding hydrogens is 298 g/mol. The number of nitrogens with zero attached hydrogens (tertiary/aromatic N) is 1. The summed E-state index contributed by atoms with van der Waals surface area (Å²) in [6.07, 6.45) is 2.66. The van der Waals surface area contributed by atoms with E-state index in [1.165, 1.54) is 0 Å². The van der Waals surface area contributed by atoms with E-state index in [-0.39, 0.29) is 0 Å². The Balaban J connectivity index is 1.82. The Morgan fingerprint density at radius 1 is 1.45 bits per heavy atom. The highest BCUT2D eigenvalue weighted by atomic mass is 32.1. The molecule has 2 aromatic heterocycles. The zero-order valence-electron chi connectivity index (χ0n) is 12.2. The summed E-state index contributed by atoms with van der Waals surface area (Å²) in [6, 6.07) is 6.94. The molecule has 3 N–H and O–H groups in total. The Morgan fingerprint density at radius 3 is 3.00 bits per heavy atom. The van der Waals surface area contributed by atoms with E-state index in [0.717, 1.165) is 33.6 Å². The first-order chi connectivity index (χ1) is 10.7. The van der Waals surface area contributed by atoms with Crippen molar-refractivity contribution in [3.05, 3.63) is 52.1 Å². The third kappa shape index (κ3) is 2.88. The van der Waals surface area contributed by atoms with Crippen LogP contribution in [0.3, 0.4) is 0 Å². The Kier molecular flexibility index (Phi) is 4.22. The van der Waals surface area contributed by atoms with Crippen molar-refractivity contribution in [3.8, 4) is 0 Å². The van der Waals surface area contributed by atoms with Gasteiger partial charge in [0.25, 0.3) is 0 Å². The first-order valence-corrected chi connectivity index (χ1v) is 8.02. The van der Waals surface area contributed by atoms with Crippen LogP contribution in [0.5, 0.6) is 0 Å². The van der Waals surface area contributed by atoms with Gasteiger partial charge in [-0.05, 0) is 12.5 Å². The first kappa shape index (κ1) is 14.7. The molecule has 0 aliphatic rings. The van der Waals surface area contributed by atoms with Gasteiger partial charge >= 0.3 is 5.97 Å². The molecule has 2 heterocycles. The molecule has 5 nitrogen and oxygen atoms in total. The van der Waals surface area contributed by atoms with Crippen LogP contribution in [-0.2, 0) is 17.8 Å². The highest BCUT2D eigenvalue weighted by molar-refractivity contribution is 7.09. The molecule has 0 spiro atoms. The van der Waals surface area contributed by atoms with Crippen LogP contribution in [0, 0.1) is 0 Å². The number of H-pyrrole nitrogens is 1. The maximum absolute atomic E-state index is 11.6. The molecule has 0 aliphatic carbocycles. The van der Waals surface area contributed by atoms with Crippen LogP contribution >= 0.6 is 11.3 Å². The fraction of sp³-hybridized carbons (Fsp3) is 0.250. The molecule has 1 atom stereocenters. The molecule has 0 aliphatic heterocycles. The molecule has 6 heteroatoms. The van der Waals surface area contributed by atoms with E-state index in [4.69, 9.17) is 0 Å². The molecule has 0 bridgehead atoms. The molecule has 0 saturated carbocycles. The lowest BCUT2D eigenvalue weighted by molar-refractivity contribution is -0.139. The predicted molar refractivity (Wildman–Crippen MR) is 87.0 cm³/mol. The second-order valence-corrected chi connectivity index (χ2v) is 5.97. The fourth-order valence-corrected chi connectivity index (χ4v) is 3.21. The van der Waals surface area contributed by atoms with Crippen molar-refractivity contribution in [3.63, 3.8) is 0 Å². The first-order valence-electron chi connectivity index (χ1n) is 7.14. The zero-order valence-corrected chi connectivity index (χ0v) is 13.0. The Hall–Kier alpha value is -2.18. The Morgan fingerprint density at radius 2 is 2.27 bits per heavy atom. The summed E-state index contributed by atoms with van der Waals surface area (Å²) in [5.41, 5.74) is 2.56. The van der Waals surface area contributed by atoms with E-state index in [1.807, 2.05) is 29.6 Å². The highest BCUT2D eigenvalue weighted by Gasteiger charge is 2.22. The average Bonchev–Trinajstić information content (AvgIpc) is 3.14. The number of thiazole rings is 1. The van der Waals surface area contributed by atoms with E-state index < -0.39 is 12.0 Å². The average molecular weight is 315 g/mol. The molecule has 22 heavy (non-hydrogen) atoms. The smallest absolute Gasteiger partial charge is 0.325 e. The molecular formula is C16H17N3O2S. The van der Waals surface area contributed by atoms with E-state index >= 15 is 0 Å². The topological polar surface area (TPSA) is 78.0 Å². The van der Waals surface area contributed by atoms with Gasteiger partial charge in [0.2, 0.25) is 0 Å². The summed E-state index contributed by atoms with van der Waals surface area (Å²) in [7, 11) is 0. The zero-order chi connectivity index (χ0) is 15.5. The second kappa shape index (κ2) is 6.29. The maximum Gasteiger partial charge on any atom is 0.325 e. The summed E-state index contributed by atoms with van der Waals surface area (Å²) in [6.45, 7) is 2.50. The number of para-hydroxylation sites is 1. The lowest BCUT2D eigenvalue weighted by Gasteiger charge is -2.13. The van der Waals surface area contributed by atoms with Crippen LogP contribution in [0.1, 0.15) is 29.2 Å². The lowest BCUT2D eigenvalue weighted by atomic mass is 10.1. The van der Waals surface area contributed by atoms with Gasteiger partial charge in [0.1, 0.15) is 6.04 Å². The summed E-state index contributed by atoms with van der Waals surface area (Å²) >= 11 is 1.60. The highest BCUT2D eigenvalue weighted by Crippen LogP contribution is 2.24. The van der Waals surface area contributed by atoms with Crippen LogP contribution in [0.4, 0.5) is 0 Å². The minimum atomic E-state index is -0.893. The number of aryl methyl sites for hydroxylation is 1. The third-order valence-electron chi connectivity index (χ3n) is 3.57. The van der Waals surface area contributed by atoms with Gasteiger partial charge in [0.15, 0.2) is 0 Å². The summed E-state index contributed by atoms with van der Waals surface area (Å²) < 4.78 is 0. The number of nitrogens with one attached hydrogen (secondary N) is 2. The number of rotatable bonds is 6. The van der Waals surface area contributed by atoms with E-state index in [0.29, 0.717) is 6.54 Å². The summed E-state index contributed by atoms with van der Waals surface area (Å²) in [5, 5.41) is 16.6. The van der Waals surface area contributed by atoms with Gasteiger partial charge in [-0.25, -0.2) is 4.98 Å². The van der Waals surface area contributed by atoms with Crippen LogP contribution in [-0.4, -0.2) is 21.0 Å². The Bertz CT molecular complexity index is 793. The van der Waals surface area contributed by atoms with Crippen LogP contribution in [0.25, 0.3) is 10.9 Å². The predicted octanol–water partition coefficient (Wildman–Crippen LogP) is 3.10. The monoisotopic (exact) mass is 315 g/mol. The van der Waals surface area contributed by atoms with Gasteiger partial charge in [-0.15, -0.1) is 11.3 Å². The van der Waals surface area contributed by atoms with Gasteiger partial charge in [-0.1, -0.05) is 25.1 Å². The van der Waals surface area contributed by atoms with Gasteiger partial charge in [0.05, 0.1) is 10.7 Å². The van der Waals surface area contributed by atoms with E-state index in [9.17, 15) is 9.90 Å². The standard InChI is InChI=1S/C16H17N3O2S/c1-2-14-19-10(9-22-14)7-18-15(16(20)21)12-8-17-13-6-4-3-5-11(12)13/h3-6,8-9,15,17-18H,2,7H2,1H3,(H,20,21). The van der Waals surface area contributed by atoms with Crippen molar-refractivity contribution < 1.29 is 9.90 Å². The van der Waals surface area contributed by atoms with Gasteiger partial charge < -0.3 is 10.1 Å². The van der Waals surface area contributed by atoms with Crippen molar-refractivity contribution in [1.29, 1.82) is 0 Å². The van der Waals surface area contributed by atoms with E-state index in [1.54, 1.807) is 17.5 Å². The van der Waals surface area contributed by atoms with Gasteiger partial charge in [0, 0.05) is 34.6 Å². The molecule has 1 unspecified atom stereocenters. The minimum Gasteiger partial charge on any atom is -0.480 e. The van der Waals surface area contributed by atoms with Crippen LogP contribution in [0.15, 0.2) is 35.8 Å². The van der Waals surface area contributed by atoms with Crippen molar-refractivity contribution in [2.75, 3.05) is 0 Å². The number of aliphatic carboxylic acids is 1. The molecule has 3 aromatic rings. The maximum atomic E-state index is 11.6. The summed E-state index contributed by atoms with van der Waals surface area (Å²) in [5.74, 6) is -0.893. The van der Waals surface area contributed by atoms with Crippen molar-refractivity contribution in [2.45, 2.75) is 25.9 Å². The number of carbonyl (C=O) groups is 1. The third-order valence-corrected chi connectivity index (χ3v) is 4.61. The summed E-state index contributed by atoms with van der Waals surface area (Å²) in [4.78, 5) is 19.2. The number of carboxylic acid groups (broad SMARTS) is 1. The quantitative estimate of drug-likeness (QED) is 0.653. The van der Waals surface area contributed by atoms with Crippen molar-refractivity contribution in [2.24, 2.45) is 0 Å². The number of fused-ring (bicyclic) bond motifs is 1. The van der Waals surface area contributed by atoms with Gasteiger partial charge in [-0.2, -0.15) is 0 Å². The number of benzene rings is 1. The van der Waals surface area contributed by atoms with Crippen LogP contribution in [0.2, 0.25) is 0 Å². The molecule has 1 aromatic carbocycles. The second-order valence-electron chi connectivity index (χ2n) is 5.03. The van der Waals surface area contributed by atoms with E-state index in [2.05, 4.69) is 22.2 Å². The Labute approximate surface area is 132 Å². The molecule has 0 amide bonds. The number of hydrogen-bond donors (Lipinski definition) is 3. The minimum absolute atomic E-state index is 0.437. The van der Waals surface area contributed by atoms with Crippen molar-refractivity contribution in [1.82, 2.24) is 15.3 Å². The molecule has 114 valence electrons. The molecule has 3 rings (SSSR count). The van der Waals surface area contributed by atoms with Crippen LogP contribution < -0.4 is 5.32 Å². The molecule has 0 fully saturated rings. The fourth-order valence-electron chi connectivity index (χ4n) is 2.46.